The third-order valence-corrected chi connectivity index (χ3v) is 4.58. The van der Waals surface area contributed by atoms with Crippen LogP contribution in [0.25, 0.3) is 0 Å². The summed E-state index contributed by atoms with van der Waals surface area (Å²) in [6, 6.07) is 0.317. The SMILES string of the molecule is C=C[C@@H](C(C)C)C(N)C1CCCC[C@H](C)CC1. The Balaban J connectivity index is 2.58. The molecule has 1 aliphatic rings. The Bertz CT molecular complexity index is 222. The summed E-state index contributed by atoms with van der Waals surface area (Å²) in [6.07, 6.45) is 10.3. The van der Waals surface area contributed by atoms with Gasteiger partial charge in [-0.3, -0.25) is 0 Å². The molecule has 0 radical (unpaired) electrons. The standard InChI is InChI=1S/C16H31N/c1-5-15(12(2)3)16(17)14-9-7-6-8-13(4)10-11-14/h5,12-16H,1,6-11,17H2,2-4H3/t13-,14?,15-,16?/m0/s1. The highest BCUT2D eigenvalue weighted by molar-refractivity contribution is 4.92. The maximum absolute atomic E-state index is 6.50. The van der Waals surface area contributed by atoms with Crippen molar-refractivity contribution in [3.63, 3.8) is 0 Å². The monoisotopic (exact) mass is 237 g/mol. The van der Waals surface area contributed by atoms with Crippen molar-refractivity contribution in [1.29, 1.82) is 0 Å². The van der Waals surface area contributed by atoms with Crippen molar-refractivity contribution in [3.8, 4) is 0 Å². The van der Waals surface area contributed by atoms with Crippen LogP contribution in [-0.2, 0) is 0 Å². The normalized spacial score (nSPS) is 30.4. The van der Waals surface area contributed by atoms with Gasteiger partial charge in [0, 0.05) is 6.04 Å². The summed E-state index contributed by atoms with van der Waals surface area (Å²) in [5.41, 5.74) is 6.50. The minimum absolute atomic E-state index is 0.317. The van der Waals surface area contributed by atoms with Crippen molar-refractivity contribution in [2.45, 2.75) is 65.3 Å². The van der Waals surface area contributed by atoms with Gasteiger partial charge in [-0.15, -0.1) is 6.58 Å². The molecule has 1 saturated carbocycles. The Kier molecular flexibility index (Phi) is 6.26. The van der Waals surface area contributed by atoms with E-state index in [1.54, 1.807) is 0 Å². The van der Waals surface area contributed by atoms with E-state index in [2.05, 4.69) is 33.4 Å². The van der Waals surface area contributed by atoms with Crippen LogP contribution in [0, 0.1) is 23.7 Å². The molecule has 1 nitrogen and oxygen atoms in total. The van der Waals surface area contributed by atoms with E-state index in [0.29, 0.717) is 23.8 Å². The zero-order valence-corrected chi connectivity index (χ0v) is 12.0. The van der Waals surface area contributed by atoms with Gasteiger partial charge in [0.2, 0.25) is 0 Å². The van der Waals surface area contributed by atoms with Crippen LogP contribution < -0.4 is 5.73 Å². The van der Waals surface area contributed by atoms with Crippen LogP contribution in [-0.4, -0.2) is 6.04 Å². The predicted molar refractivity (Wildman–Crippen MR) is 76.9 cm³/mol. The van der Waals surface area contributed by atoms with Gasteiger partial charge in [-0.2, -0.15) is 0 Å². The average molecular weight is 237 g/mol. The predicted octanol–water partition coefficient (Wildman–Crippen LogP) is 4.38. The molecule has 17 heavy (non-hydrogen) atoms. The molecule has 0 amide bonds. The van der Waals surface area contributed by atoms with Crippen molar-refractivity contribution in [2.75, 3.05) is 0 Å². The van der Waals surface area contributed by atoms with Crippen LogP contribution in [0.2, 0.25) is 0 Å². The number of hydrogen-bond donors (Lipinski definition) is 1. The highest BCUT2D eigenvalue weighted by Gasteiger charge is 2.27. The van der Waals surface area contributed by atoms with Crippen molar-refractivity contribution < 1.29 is 0 Å². The lowest BCUT2D eigenvalue weighted by Gasteiger charge is -2.33. The Labute approximate surface area is 108 Å². The summed E-state index contributed by atoms with van der Waals surface area (Å²) in [5, 5.41) is 0. The summed E-state index contributed by atoms with van der Waals surface area (Å²) >= 11 is 0. The van der Waals surface area contributed by atoms with E-state index in [4.69, 9.17) is 5.73 Å². The van der Waals surface area contributed by atoms with Gasteiger partial charge in [-0.1, -0.05) is 52.5 Å². The van der Waals surface area contributed by atoms with Gasteiger partial charge in [0.25, 0.3) is 0 Å². The van der Waals surface area contributed by atoms with E-state index in [9.17, 15) is 0 Å². The molecule has 0 aromatic rings. The number of rotatable bonds is 4. The third kappa shape index (κ3) is 4.46. The molecule has 0 bridgehead atoms. The number of nitrogens with two attached hydrogens (primary N) is 1. The van der Waals surface area contributed by atoms with Crippen molar-refractivity contribution in [3.05, 3.63) is 12.7 Å². The van der Waals surface area contributed by atoms with E-state index in [1.807, 2.05) is 0 Å². The van der Waals surface area contributed by atoms with Gasteiger partial charge in [-0.05, 0) is 36.5 Å². The molecular formula is C16H31N. The summed E-state index contributed by atoms with van der Waals surface area (Å²) in [7, 11) is 0. The lowest BCUT2D eigenvalue weighted by atomic mass is 9.75. The minimum Gasteiger partial charge on any atom is -0.327 e. The zero-order chi connectivity index (χ0) is 12.8. The van der Waals surface area contributed by atoms with Crippen LogP contribution >= 0.6 is 0 Å². The molecule has 0 saturated heterocycles. The van der Waals surface area contributed by atoms with Crippen LogP contribution in [0.5, 0.6) is 0 Å². The molecule has 0 aromatic heterocycles. The molecule has 1 fully saturated rings. The van der Waals surface area contributed by atoms with E-state index in [-0.39, 0.29) is 0 Å². The van der Waals surface area contributed by atoms with E-state index >= 15 is 0 Å². The molecule has 2 unspecified atom stereocenters. The first kappa shape index (κ1) is 14.8. The first-order chi connectivity index (χ1) is 8.06. The van der Waals surface area contributed by atoms with Gasteiger partial charge in [0.05, 0.1) is 0 Å². The maximum Gasteiger partial charge on any atom is 0.0133 e. The van der Waals surface area contributed by atoms with Gasteiger partial charge in [0.15, 0.2) is 0 Å². The maximum atomic E-state index is 6.50. The summed E-state index contributed by atoms with van der Waals surface area (Å²) in [6.45, 7) is 10.9. The Morgan fingerprint density at radius 3 is 2.35 bits per heavy atom. The lowest BCUT2D eigenvalue weighted by molar-refractivity contribution is 0.233. The minimum atomic E-state index is 0.317. The van der Waals surface area contributed by atoms with E-state index in [0.717, 1.165) is 5.92 Å². The van der Waals surface area contributed by atoms with Crippen LogP contribution in [0.4, 0.5) is 0 Å². The molecule has 1 heteroatoms. The molecule has 0 aliphatic heterocycles. The molecule has 4 atom stereocenters. The van der Waals surface area contributed by atoms with E-state index < -0.39 is 0 Å². The first-order valence-corrected chi connectivity index (χ1v) is 7.44. The van der Waals surface area contributed by atoms with E-state index in [1.165, 1.54) is 38.5 Å². The van der Waals surface area contributed by atoms with Gasteiger partial charge >= 0.3 is 0 Å². The zero-order valence-electron chi connectivity index (χ0n) is 12.0. The van der Waals surface area contributed by atoms with Gasteiger partial charge in [-0.25, -0.2) is 0 Å². The van der Waals surface area contributed by atoms with Crippen LogP contribution in [0.1, 0.15) is 59.3 Å². The fraction of sp³-hybridized carbons (Fsp3) is 0.875. The molecule has 0 spiro atoms. The second-order valence-corrected chi connectivity index (χ2v) is 6.36. The van der Waals surface area contributed by atoms with Gasteiger partial charge in [0.1, 0.15) is 0 Å². The second-order valence-electron chi connectivity index (χ2n) is 6.36. The highest BCUT2D eigenvalue weighted by Crippen LogP contribution is 2.31. The molecule has 1 aliphatic carbocycles. The van der Waals surface area contributed by atoms with Gasteiger partial charge < -0.3 is 5.73 Å². The largest absolute Gasteiger partial charge is 0.327 e. The fourth-order valence-corrected chi connectivity index (χ4v) is 3.26. The smallest absolute Gasteiger partial charge is 0.0133 e. The summed E-state index contributed by atoms with van der Waals surface area (Å²) in [4.78, 5) is 0. The van der Waals surface area contributed by atoms with Crippen LogP contribution in [0.3, 0.4) is 0 Å². The topological polar surface area (TPSA) is 26.0 Å². The quantitative estimate of drug-likeness (QED) is 0.722. The molecule has 100 valence electrons. The average Bonchev–Trinajstić information content (AvgIpc) is 2.24. The molecule has 1 rings (SSSR count). The molecule has 0 aromatic carbocycles. The van der Waals surface area contributed by atoms with Crippen molar-refractivity contribution in [1.82, 2.24) is 0 Å². The molecule has 2 N–H and O–H groups in total. The Hall–Kier alpha value is -0.300. The van der Waals surface area contributed by atoms with Crippen molar-refractivity contribution in [2.24, 2.45) is 29.4 Å². The Morgan fingerprint density at radius 1 is 1.12 bits per heavy atom. The fourth-order valence-electron chi connectivity index (χ4n) is 3.26. The first-order valence-electron chi connectivity index (χ1n) is 7.44. The molecule has 0 heterocycles. The molecular weight excluding hydrogens is 206 g/mol. The highest BCUT2D eigenvalue weighted by atomic mass is 14.7. The summed E-state index contributed by atoms with van der Waals surface area (Å²) in [5.74, 6) is 2.70. The van der Waals surface area contributed by atoms with Crippen LogP contribution in [0.15, 0.2) is 12.7 Å². The third-order valence-electron chi connectivity index (χ3n) is 4.58. The van der Waals surface area contributed by atoms with Crippen molar-refractivity contribution >= 4 is 0 Å². The second kappa shape index (κ2) is 7.20. The number of hydrogen-bond acceptors (Lipinski definition) is 1. The lowest BCUT2D eigenvalue weighted by Crippen LogP contribution is -2.39. The Morgan fingerprint density at radius 2 is 1.76 bits per heavy atom. The summed E-state index contributed by atoms with van der Waals surface area (Å²) < 4.78 is 0.